The highest BCUT2D eigenvalue weighted by Crippen LogP contribution is 2.27. The Balaban J connectivity index is 2.34. The van der Waals surface area contributed by atoms with E-state index in [9.17, 15) is 10.1 Å². The Morgan fingerprint density at radius 1 is 1.29 bits per heavy atom. The van der Waals surface area contributed by atoms with Gasteiger partial charge >= 0.3 is 5.69 Å². The molecule has 2 aromatic rings. The molecule has 2 aromatic heterocycles. The van der Waals surface area contributed by atoms with E-state index in [-0.39, 0.29) is 22.5 Å². The number of nitrogens with one attached hydrogen (secondary N) is 1. The van der Waals surface area contributed by atoms with E-state index in [0.29, 0.717) is 6.54 Å². The lowest BCUT2D eigenvalue weighted by molar-refractivity contribution is -0.385. The Bertz CT molecular complexity index is 712. The second-order valence-electron chi connectivity index (χ2n) is 4.66. The third-order valence-electron chi connectivity index (χ3n) is 3.31. The first-order chi connectivity index (χ1) is 9.81. The van der Waals surface area contributed by atoms with Gasteiger partial charge in [-0.05, 0) is 32.4 Å². The highest BCUT2D eigenvalue weighted by atomic mass is 35.5. The molecule has 0 atom stereocenters. The van der Waals surface area contributed by atoms with Gasteiger partial charge in [-0.2, -0.15) is 10.1 Å². The molecule has 0 fully saturated rings. The number of anilines is 1. The summed E-state index contributed by atoms with van der Waals surface area (Å²) in [6.45, 7) is 5.72. The van der Waals surface area contributed by atoms with E-state index in [2.05, 4.69) is 20.4 Å². The smallest absolute Gasteiger partial charge is 0.332 e. The fraction of sp³-hybridized carbons (Fsp3) is 0.417. The number of aromatic nitrogens is 4. The molecule has 0 radical (unpaired) electrons. The topological polar surface area (TPSA) is 98.8 Å². The lowest BCUT2D eigenvalue weighted by atomic mass is 10.2. The molecule has 0 aliphatic heterocycles. The van der Waals surface area contributed by atoms with Crippen LogP contribution in [0.4, 0.5) is 11.5 Å². The molecule has 2 heterocycles. The van der Waals surface area contributed by atoms with E-state index in [0.717, 1.165) is 17.0 Å². The molecule has 9 heteroatoms. The molecule has 2 rings (SSSR count). The molecule has 0 unspecified atom stereocenters. The number of hydrogen-bond donors (Lipinski definition) is 1. The second kappa shape index (κ2) is 5.65. The van der Waals surface area contributed by atoms with Crippen molar-refractivity contribution < 1.29 is 4.92 Å². The van der Waals surface area contributed by atoms with Crippen molar-refractivity contribution in [3.05, 3.63) is 38.0 Å². The summed E-state index contributed by atoms with van der Waals surface area (Å²) in [6.07, 6.45) is 0. The van der Waals surface area contributed by atoms with E-state index in [4.69, 9.17) is 11.6 Å². The lowest BCUT2D eigenvalue weighted by Gasteiger charge is -2.08. The maximum atomic E-state index is 11.1. The van der Waals surface area contributed by atoms with Crippen molar-refractivity contribution in [2.45, 2.75) is 27.3 Å². The second-order valence-corrected chi connectivity index (χ2v) is 5.00. The van der Waals surface area contributed by atoms with Gasteiger partial charge in [0.25, 0.3) is 0 Å². The van der Waals surface area contributed by atoms with Crippen molar-refractivity contribution in [2.75, 3.05) is 5.32 Å². The van der Waals surface area contributed by atoms with Gasteiger partial charge in [0.2, 0.25) is 11.1 Å². The molecule has 0 saturated heterocycles. The van der Waals surface area contributed by atoms with E-state index < -0.39 is 4.92 Å². The van der Waals surface area contributed by atoms with Gasteiger partial charge in [-0.3, -0.25) is 14.8 Å². The summed E-state index contributed by atoms with van der Waals surface area (Å²) in [6, 6.07) is 0. The van der Waals surface area contributed by atoms with Gasteiger partial charge in [-0.15, -0.1) is 0 Å². The molecule has 0 aliphatic carbocycles. The fourth-order valence-corrected chi connectivity index (χ4v) is 2.33. The van der Waals surface area contributed by atoms with Crippen LogP contribution in [0.15, 0.2) is 0 Å². The molecule has 8 nitrogen and oxygen atoms in total. The van der Waals surface area contributed by atoms with Gasteiger partial charge in [-0.1, -0.05) is 0 Å². The average molecular weight is 311 g/mol. The first-order valence-corrected chi connectivity index (χ1v) is 6.60. The predicted octanol–water partition coefficient (Wildman–Crippen LogP) is 2.31. The van der Waals surface area contributed by atoms with E-state index in [1.165, 1.54) is 6.92 Å². The minimum Gasteiger partial charge on any atom is -0.360 e. The molecule has 112 valence electrons. The van der Waals surface area contributed by atoms with Crippen LogP contribution >= 0.6 is 11.6 Å². The molecule has 0 amide bonds. The SMILES string of the molecule is Cc1nn(C)c(C)c1CNc1nc(Cl)nc(C)c1[N+](=O)[O-]. The number of rotatable bonds is 4. The van der Waals surface area contributed by atoms with Crippen LogP contribution in [0, 0.1) is 30.9 Å². The quantitative estimate of drug-likeness (QED) is 0.528. The lowest BCUT2D eigenvalue weighted by Crippen LogP contribution is -2.08. The molecule has 1 N–H and O–H groups in total. The van der Waals surface area contributed by atoms with Crippen LogP contribution in [0.25, 0.3) is 0 Å². The molecule has 0 bridgehead atoms. The van der Waals surface area contributed by atoms with Gasteiger partial charge in [-0.25, -0.2) is 4.98 Å². The molecule has 0 spiro atoms. The van der Waals surface area contributed by atoms with Crippen molar-refractivity contribution in [1.29, 1.82) is 0 Å². The maximum Gasteiger partial charge on any atom is 0.332 e. The number of nitro groups is 1. The van der Waals surface area contributed by atoms with Crippen LogP contribution in [0.3, 0.4) is 0 Å². The number of nitrogens with zero attached hydrogens (tertiary/aromatic N) is 5. The molecular formula is C12H15ClN6O2. The molecule has 0 saturated carbocycles. The fourth-order valence-electron chi connectivity index (χ4n) is 2.12. The van der Waals surface area contributed by atoms with E-state index in [1.54, 1.807) is 4.68 Å². The number of halogens is 1. The Hall–Kier alpha value is -2.22. The zero-order chi connectivity index (χ0) is 15.7. The normalized spacial score (nSPS) is 10.7. The van der Waals surface area contributed by atoms with Gasteiger partial charge in [0.1, 0.15) is 5.69 Å². The minimum atomic E-state index is -0.517. The highest BCUT2D eigenvalue weighted by molar-refractivity contribution is 6.28. The average Bonchev–Trinajstić information content (AvgIpc) is 2.59. The molecule has 0 aliphatic rings. The summed E-state index contributed by atoms with van der Waals surface area (Å²) < 4.78 is 1.76. The van der Waals surface area contributed by atoms with Gasteiger partial charge < -0.3 is 5.32 Å². The summed E-state index contributed by atoms with van der Waals surface area (Å²) in [5.41, 5.74) is 2.88. The van der Waals surface area contributed by atoms with Crippen LogP contribution in [0.5, 0.6) is 0 Å². The van der Waals surface area contributed by atoms with Gasteiger partial charge in [0.15, 0.2) is 0 Å². The third-order valence-corrected chi connectivity index (χ3v) is 3.47. The van der Waals surface area contributed by atoms with Crippen LogP contribution in [-0.2, 0) is 13.6 Å². The van der Waals surface area contributed by atoms with Crippen LogP contribution in [-0.4, -0.2) is 24.7 Å². The van der Waals surface area contributed by atoms with Crippen LogP contribution in [0.1, 0.15) is 22.6 Å². The predicted molar refractivity (Wildman–Crippen MR) is 78.4 cm³/mol. The van der Waals surface area contributed by atoms with E-state index >= 15 is 0 Å². The first kappa shape index (κ1) is 15.2. The molecular weight excluding hydrogens is 296 g/mol. The summed E-state index contributed by atoms with van der Waals surface area (Å²) in [5.74, 6) is 0.111. The maximum absolute atomic E-state index is 11.1. The summed E-state index contributed by atoms with van der Waals surface area (Å²) in [4.78, 5) is 18.3. The van der Waals surface area contributed by atoms with Crippen LogP contribution in [0.2, 0.25) is 5.28 Å². The zero-order valence-electron chi connectivity index (χ0n) is 12.1. The Labute approximate surface area is 126 Å². The van der Waals surface area contributed by atoms with Gasteiger partial charge in [0.05, 0.1) is 10.6 Å². The Morgan fingerprint density at radius 2 is 1.95 bits per heavy atom. The summed E-state index contributed by atoms with van der Waals surface area (Å²) in [5, 5.41) is 18.4. The summed E-state index contributed by atoms with van der Waals surface area (Å²) >= 11 is 5.77. The largest absolute Gasteiger partial charge is 0.360 e. The first-order valence-electron chi connectivity index (χ1n) is 6.22. The van der Waals surface area contributed by atoms with Crippen LogP contribution < -0.4 is 5.32 Å². The highest BCUT2D eigenvalue weighted by Gasteiger charge is 2.22. The van der Waals surface area contributed by atoms with Crippen molar-refractivity contribution in [3.63, 3.8) is 0 Å². The third kappa shape index (κ3) is 2.94. The van der Waals surface area contributed by atoms with Gasteiger partial charge in [0, 0.05) is 24.8 Å². The Morgan fingerprint density at radius 3 is 2.48 bits per heavy atom. The van der Waals surface area contributed by atoms with Crippen molar-refractivity contribution in [1.82, 2.24) is 19.7 Å². The van der Waals surface area contributed by atoms with Crippen molar-refractivity contribution in [3.8, 4) is 0 Å². The van der Waals surface area contributed by atoms with Crippen molar-refractivity contribution >= 4 is 23.1 Å². The zero-order valence-corrected chi connectivity index (χ0v) is 12.9. The molecule has 0 aromatic carbocycles. The summed E-state index contributed by atoms with van der Waals surface area (Å²) in [7, 11) is 1.85. The minimum absolute atomic E-state index is 0.0276. The standard InChI is InChI=1S/C12H15ClN6O2/c1-6-9(8(3)18(4)17-6)5-14-11-10(19(20)21)7(2)15-12(13)16-11/h5H2,1-4H3,(H,14,15,16). The Kier molecular flexibility index (Phi) is 4.08. The van der Waals surface area contributed by atoms with E-state index in [1.807, 2.05) is 20.9 Å². The number of aryl methyl sites for hydroxylation is 3. The number of hydrogen-bond acceptors (Lipinski definition) is 6. The van der Waals surface area contributed by atoms with Crippen molar-refractivity contribution in [2.24, 2.45) is 7.05 Å². The monoisotopic (exact) mass is 310 g/mol. The molecule has 21 heavy (non-hydrogen) atoms.